The quantitative estimate of drug-likeness (QED) is 0.163. The second-order valence-corrected chi connectivity index (χ2v) is 14.5. The summed E-state index contributed by atoms with van der Waals surface area (Å²) in [4.78, 5) is 25.6. The third-order valence-electron chi connectivity index (χ3n) is 10.7. The van der Waals surface area contributed by atoms with E-state index in [9.17, 15) is 9.59 Å². The molecule has 52 heavy (non-hydrogen) atoms. The molecule has 0 bridgehead atoms. The van der Waals surface area contributed by atoms with Crippen LogP contribution < -0.4 is 27.0 Å². The molecule has 7 rings (SSSR count). The van der Waals surface area contributed by atoms with Gasteiger partial charge in [0.2, 0.25) is 11.8 Å². The van der Waals surface area contributed by atoms with Crippen LogP contribution in [0.15, 0.2) is 121 Å². The van der Waals surface area contributed by atoms with E-state index in [1.807, 2.05) is 30.3 Å². The largest absolute Gasteiger partial charge is 0.347 e. The first kappa shape index (κ1) is 38.9. The van der Waals surface area contributed by atoms with Crippen molar-refractivity contribution in [2.45, 2.75) is 75.5 Å². The first-order valence-corrected chi connectivity index (χ1v) is 18.9. The number of hydrogen-bond acceptors (Lipinski definition) is 6. The maximum atomic E-state index is 11.7. The van der Waals surface area contributed by atoms with Gasteiger partial charge in [-0.2, -0.15) is 0 Å². The molecule has 0 aliphatic carbocycles. The van der Waals surface area contributed by atoms with Crippen LogP contribution in [0.1, 0.15) is 74.6 Å². The fourth-order valence-electron chi connectivity index (χ4n) is 7.88. The van der Waals surface area contributed by atoms with Crippen LogP contribution in [0.5, 0.6) is 0 Å². The summed E-state index contributed by atoms with van der Waals surface area (Å²) in [5.74, 6) is 0.0936. The molecule has 8 nitrogen and oxygen atoms in total. The normalized spacial score (nSPS) is 19.0. The molecule has 0 saturated carbocycles. The van der Waals surface area contributed by atoms with Gasteiger partial charge < -0.3 is 27.0 Å². The van der Waals surface area contributed by atoms with E-state index in [2.05, 4.69) is 117 Å². The summed E-state index contributed by atoms with van der Waals surface area (Å²) in [6, 6.07) is 41.6. The smallest absolute Gasteiger partial charge is 0.217 e. The van der Waals surface area contributed by atoms with Crippen molar-refractivity contribution >= 4 is 11.8 Å². The van der Waals surface area contributed by atoms with Crippen molar-refractivity contribution in [3.8, 4) is 0 Å². The molecule has 3 fully saturated rings. The summed E-state index contributed by atoms with van der Waals surface area (Å²) in [5, 5.41) is 13.0. The molecule has 3 heterocycles. The van der Waals surface area contributed by atoms with E-state index in [0.717, 1.165) is 84.3 Å². The van der Waals surface area contributed by atoms with Crippen LogP contribution >= 0.6 is 0 Å². The van der Waals surface area contributed by atoms with Crippen LogP contribution in [0.2, 0.25) is 0 Å². The van der Waals surface area contributed by atoms with Crippen LogP contribution in [-0.2, 0) is 32.8 Å². The highest BCUT2D eigenvalue weighted by Gasteiger charge is 2.37. The predicted octanol–water partition coefficient (Wildman–Crippen LogP) is 5.94. The van der Waals surface area contributed by atoms with Gasteiger partial charge in [-0.3, -0.25) is 14.5 Å². The lowest BCUT2D eigenvalue weighted by molar-refractivity contribution is -0.122. The Bertz CT molecular complexity index is 1630. The highest BCUT2D eigenvalue weighted by atomic mass is 16.2. The molecule has 0 atom stereocenters. The van der Waals surface area contributed by atoms with Gasteiger partial charge in [-0.05, 0) is 87.0 Å². The van der Waals surface area contributed by atoms with Crippen molar-refractivity contribution in [1.29, 1.82) is 0 Å². The van der Waals surface area contributed by atoms with Crippen molar-refractivity contribution in [3.63, 3.8) is 0 Å². The number of nitrogens with two attached hydrogens (primary N) is 1. The van der Waals surface area contributed by atoms with Crippen molar-refractivity contribution in [2.24, 2.45) is 5.73 Å². The molecule has 3 aliphatic rings. The Kier molecular flexibility index (Phi) is 14.2. The van der Waals surface area contributed by atoms with E-state index in [0.29, 0.717) is 0 Å². The monoisotopic (exact) mass is 702 g/mol. The van der Waals surface area contributed by atoms with Gasteiger partial charge in [0.15, 0.2) is 0 Å². The minimum Gasteiger partial charge on any atom is -0.347 e. The van der Waals surface area contributed by atoms with Gasteiger partial charge in [-0.1, -0.05) is 121 Å². The SMILES string of the molecule is CC(=O)NC1(c2ccccc2)CCN(Cc2ccccc2)CC1.CC(=O)NC1(c2ccccc2)CCNCC1.NC1(c2ccccc2)CCNCC1. The van der Waals surface area contributed by atoms with Gasteiger partial charge in [0, 0.05) is 39.0 Å². The molecule has 3 aliphatic heterocycles. The standard InChI is InChI=1S/C20H24N2O.C13H18N2O.C11H16N2/c1-17(23)21-20(19-10-6-3-7-11-19)12-14-22(15-13-20)16-18-8-4-2-5-9-18;1-11(16)15-13(7-9-14-10-8-13)12-5-3-2-4-6-12;12-11(6-8-13-9-7-11)10-4-2-1-3-5-10/h2-11H,12-16H2,1H3,(H,21,23);2-6,14H,7-10H2,1H3,(H,15,16);1-5,13H,6-9,12H2. The van der Waals surface area contributed by atoms with E-state index >= 15 is 0 Å². The molecule has 0 radical (unpaired) electrons. The van der Waals surface area contributed by atoms with Crippen LogP contribution in [0, 0.1) is 0 Å². The number of benzene rings is 4. The number of rotatable bonds is 7. The number of nitrogens with zero attached hydrogens (tertiary/aromatic N) is 1. The summed E-state index contributed by atoms with van der Waals surface area (Å²) < 4.78 is 0. The zero-order chi connectivity index (χ0) is 36.7. The number of hydrogen-bond donors (Lipinski definition) is 5. The Morgan fingerprint density at radius 1 is 0.558 bits per heavy atom. The van der Waals surface area contributed by atoms with E-state index in [-0.39, 0.29) is 28.4 Å². The fourth-order valence-corrected chi connectivity index (χ4v) is 7.88. The van der Waals surface area contributed by atoms with Gasteiger partial charge >= 0.3 is 0 Å². The van der Waals surface area contributed by atoms with Crippen LogP contribution in [-0.4, -0.2) is 56.0 Å². The summed E-state index contributed by atoms with van der Waals surface area (Å²) >= 11 is 0. The van der Waals surface area contributed by atoms with Crippen molar-refractivity contribution in [3.05, 3.63) is 144 Å². The first-order chi connectivity index (χ1) is 25.2. The molecule has 0 unspecified atom stereocenters. The van der Waals surface area contributed by atoms with Crippen molar-refractivity contribution in [1.82, 2.24) is 26.2 Å². The minimum atomic E-state index is -0.222. The van der Waals surface area contributed by atoms with E-state index in [1.165, 1.54) is 22.3 Å². The number of piperidine rings is 3. The molecule has 0 aromatic heterocycles. The van der Waals surface area contributed by atoms with Gasteiger partial charge in [0.05, 0.1) is 11.1 Å². The number of nitrogens with one attached hydrogen (secondary N) is 4. The Labute approximate surface area is 311 Å². The zero-order valence-electron chi connectivity index (χ0n) is 31.1. The number of amides is 2. The highest BCUT2D eigenvalue weighted by molar-refractivity contribution is 5.74. The van der Waals surface area contributed by atoms with Crippen molar-refractivity contribution in [2.75, 3.05) is 39.3 Å². The predicted molar refractivity (Wildman–Crippen MR) is 211 cm³/mol. The maximum Gasteiger partial charge on any atom is 0.217 e. The Morgan fingerprint density at radius 3 is 1.35 bits per heavy atom. The lowest BCUT2D eigenvalue weighted by atomic mass is 9.80. The molecular weight excluding hydrogens is 645 g/mol. The second-order valence-electron chi connectivity index (χ2n) is 14.5. The molecule has 276 valence electrons. The molecule has 0 spiro atoms. The Hall–Kier alpha value is -4.34. The molecule has 2 amide bonds. The Balaban J connectivity index is 0.000000158. The van der Waals surface area contributed by atoms with Crippen molar-refractivity contribution < 1.29 is 9.59 Å². The van der Waals surface area contributed by atoms with Gasteiger partial charge in [-0.15, -0.1) is 0 Å². The average molecular weight is 703 g/mol. The number of carbonyl (C=O) groups excluding carboxylic acids is 2. The van der Waals surface area contributed by atoms with Gasteiger partial charge in [0.25, 0.3) is 0 Å². The number of likely N-dealkylation sites (tertiary alicyclic amines) is 1. The highest BCUT2D eigenvalue weighted by Crippen LogP contribution is 2.34. The van der Waals surface area contributed by atoms with Crippen LogP contribution in [0.4, 0.5) is 0 Å². The topological polar surface area (TPSA) is 112 Å². The summed E-state index contributed by atoms with van der Waals surface area (Å²) in [7, 11) is 0. The zero-order valence-corrected chi connectivity index (χ0v) is 31.1. The Morgan fingerprint density at radius 2 is 0.923 bits per heavy atom. The third-order valence-corrected chi connectivity index (χ3v) is 10.7. The average Bonchev–Trinajstić information content (AvgIpc) is 3.18. The first-order valence-electron chi connectivity index (χ1n) is 18.9. The van der Waals surface area contributed by atoms with E-state index in [4.69, 9.17) is 5.73 Å². The molecule has 8 heteroatoms. The lowest BCUT2D eigenvalue weighted by Gasteiger charge is -2.42. The van der Waals surface area contributed by atoms with E-state index < -0.39 is 0 Å². The maximum absolute atomic E-state index is 11.7. The fraction of sp³-hybridized carbons (Fsp3) is 0.409. The molecule has 4 aromatic rings. The third kappa shape index (κ3) is 10.8. The summed E-state index contributed by atoms with van der Waals surface area (Å²) in [5.41, 5.74) is 10.9. The second kappa shape index (κ2) is 18.9. The lowest BCUT2D eigenvalue weighted by Crippen LogP contribution is -2.52. The van der Waals surface area contributed by atoms with Gasteiger partial charge in [0.1, 0.15) is 0 Å². The van der Waals surface area contributed by atoms with Gasteiger partial charge in [-0.25, -0.2) is 0 Å². The molecule has 4 aromatic carbocycles. The van der Waals surface area contributed by atoms with Crippen LogP contribution in [0.25, 0.3) is 0 Å². The molecule has 6 N–H and O–H groups in total. The number of carbonyl (C=O) groups is 2. The van der Waals surface area contributed by atoms with E-state index in [1.54, 1.807) is 13.8 Å². The minimum absolute atomic E-state index is 0.0466. The summed E-state index contributed by atoms with van der Waals surface area (Å²) in [6.45, 7) is 10.1. The van der Waals surface area contributed by atoms with Crippen LogP contribution in [0.3, 0.4) is 0 Å². The molecule has 3 saturated heterocycles. The summed E-state index contributed by atoms with van der Waals surface area (Å²) in [6.07, 6.45) is 5.88. The molecular formula is C44H58N6O2.